The van der Waals surface area contributed by atoms with Gasteiger partial charge in [-0.05, 0) is 51.1 Å². The van der Waals surface area contributed by atoms with Crippen molar-refractivity contribution < 1.29 is 27.6 Å². The molecular formula is C23H24F3N3O3. The fourth-order valence-corrected chi connectivity index (χ4v) is 3.39. The molecule has 1 heterocycles. The third-order valence-corrected chi connectivity index (χ3v) is 5.26. The van der Waals surface area contributed by atoms with E-state index >= 15 is 0 Å². The molecule has 0 radical (unpaired) electrons. The first kappa shape index (κ1) is 23.3. The summed E-state index contributed by atoms with van der Waals surface area (Å²) in [6.45, 7) is 4.84. The number of benzene rings is 2. The Balaban J connectivity index is 1.74. The molecule has 170 valence electrons. The second kappa shape index (κ2) is 9.02. The van der Waals surface area contributed by atoms with E-state index in [1.165, 1.54) is 20.8 Å². The summed E-state index contributed by atoms with van der Waals surface area (Å²) >= 11 is 0. The highest BCUT2D eigenvalue weighted by Crippen LogP contribution is 2.30. The average Bonchev–Trinajstić information content (AvgIpc) is 3.13. The highest BCUT2D eigenvalue weighted by molar-refractivity contribution is 6.01. The molecule has 2 aromatic rings. The monoisotopic (exact) mass is 447 g/mol. The lowest BCUT2D eigenvalue weighted by Gasteiger charge is -2.28. The van der Waals surface area contributed by atoms with Crippen LogP contribution in [0.15, 0.2) is 48.5 Å². The lowest BCUT2D eigenvalue weighted by Crippen LogP contribution is -2.45. The molecule has 6 nitrogen and oxygen atoms in total. The summed E-state index contributed by atoms with van der Waals surface area (Å²) in [6.07, 6.45) is -4.58. The van der Waals surface area contributed by atoms with Crippen LogP contribution in [0.1, 0.15) is 35.3 Å². The Morgan fingerprint density at radius 1 is 1.09 bits per heavy atom. The van der Waals surface area contributed by atoms with Crippen LogP contribution >= 0.6 is 0 Å². The molecule has 3 rings (SSSR count). The summed E-state index contributed by atoms with van der Waals surface area (Å²) in [5.74, 6) is -1.38. The van der Waals surface area contributed by atoms with Crippen LogP contribution in [0.25, 0.3) is 0 Å². The zero-order valence-corrected chi connectivity index (χ0v) is 18.0. The molecular weight excluding hydrogens is 423 g/mol. The van der Waals surface area contributed by atoms with Gasteiger partial charge in [-0.1, -0.05) is 23.8 Å². The molecule has 0 aromatic heterocycles. The molecule has 9 heteroatoms. The van der Waals surface area contributed by atoms with Gasteiger partial charge in [0.05, 0.1) is 5.56 Å². The normalized spacial score (nSPS) is 14.3. The molecule has 0 spiro atoms. The number of amides is 3. The van der Waals surface area contributed by atoms with Crippen molar-refractivity contribution in [2.24, 2.45) is 0 Å². The maximum absolute atomic E-state index is 13.0. The van der Waals surface area contributed by atoms with Gasteiger partial charge < -0.3 is 9.80 Å². The molecule has 3 amide bonds. The molecule has 0 unspecified atom stereocenters. The van der Waals surface area contributed by atoms with Gasteiger partial charge in [-0.15, -0.1) is 0 Å². The minimum absolute atomic E-state index is 0.0460. The number of anilines is 1. The van der Waals surface area contributed by atoms with Crippen LogP contribution in [-0.2, 0) is 15.8 Å². The van der Waals surface area contributed by atoms with Crippen LogP contribution in [0.3, 0.4) is 0 Å². The first-order chi connectivity index (χ1) is 15.0. The van der Waals surface area contributed by atoms with E-state index in [4.69, 9.17) is 0 Å². The number of halogens is 3. The lowest BCUT2D eigenvalue weighted by atomic mass is 10.1. The van der Waals surface area contributed by atoms with E-state index < -0.39 is 29.6 Å². The summed E-state index contributed by atoms with van der Waals surface area (Å²) < 4.78 is 39.1. The van der Waals surface area contributed by atoms with E-state index in [0.29, 0.717) is 5.69 Å². The van der Waals surface area contributed by atoms with Gasteiger partial charge in [0.2, 0.25) is 11.8 Å². The van der Waals surface area contributed by atoms with Gasteiger partial charge >= 0.3 is 6.18 Å². The fraction of sp³-hybridized carbons (Fsp3) is 0.348. The second-order valence-electron chi connectivity index (χ2n) is 8.00. The Kier molecular flexibility index (Phi) is 6.57. The minimum Gasteiger partial charge on any atom is -0.327 e. The van der Waals surface area contributed by atoms with Gasteiger partial charge in [-0.2, -0.15) is 13.2 Å². The number of carbonyl (C=O) groups excluding carboxylic acids is 3. The first-order valence-corrected chi connectivity index (χ1v) is 10.1. The van der Waals surface area contributed by atoms with Crippen molar-refractivity contribution in [3.05, 3.63) is 65.2 Å². The second-order valence-corrected chi connectivity index (χ2v) is 8.00. The summed E-state index contributed by atoms with van der Waals surface area (Å²) in [7, 11) is 0. The maximum atomic E-state index is 13.0. The Morgan fingerprint density at radius 3 is 2.34 bits per heavy atom. The van der Waals surface area contributed by atoms with Crippen molar-refractivity contribution in [1.82, 2.24) is 9.80 Å². The van der Waals surface area contributed by atoms with E-state index in [1.54, 1.807) is 26.0 Å². The van der Waals surface area contributed by atoms with Gasteiger partial charge in [0.15, 0.2) is 0 Å². The van der Waals surface area contributed by atoms with Crippen LogP contribution in [0.2, 0.25) is 0 Å². The zero-order valence-electron chi connectivity index (χ0n) is 18.0. The Labute approximate surface area is 184 Å². The summed E-state index contributed by atoms with van der Waals surface area (Å²) in [4.78, 5) is 42.2. The van der Waals surface area contributed by atoms with Gasteiger partial charge in [0.25, 0.3) is 5.91 Å². The summed E-state index contributed by atoms with van der Waals surface area (Å²) in [6, 6.07) is 11.0. The number of hydrogen-bond donors (Lipinski definition) is 0. The first-order valence-electron chi connectivity index (χ1n) is 10.1. The molecule has 0 aliphatic carbocycles. The van der Waals surface area contributed by atoms with Crippen molar-refractivity contribution in [2.75, 3.05) is 24.7 Å². The number of rotatable bonds is 5. The van der Waals surface area contributed by atoms with Crippen molar-refractivity contribution in [1.29, 1.82) is 0 Å². The molecule has 1 aliphatic rings. The molecule has 0 bridgehead atoms. The number of aryl methyl sites for hydroxylation is 1. The third-order valence-electron chi connectivity index (χ3n) is 5.26. The van der Waals surface area contributed by atoms with Crippen LogP contribution in [-0.4, -0.2) is 53.3 Å². The molecule has 0 atom stereocenters. The van der Waals surface area contributed by atoms with Crippen molar-refractivity contribution >= 4 is 23.4 Å². The van der Waals surface area contributed by atoms with Crippen LogP contribution in [0.4, 0.5) is 18.9 Å². The molecule has 2 aromatic carbocycles. The zero-order chi connectivity index (χ0) is 23.6. The molecule has 0 N–H and O–H groups in total. The Morgan fingerprint density at radius 2 is 1.75 bits per heavy atom. The maximum Gasteiger partial charge on any atom is 0.416 e. The third kappa shape index (κ3) is 5.09. The van der Waals surface area contributed by atoms with Crippen molar-refractivity contribution in [3.8, 4) is 0 Å². The molecule has 0 saturated carbocycles. The van der Waals surface area contributed by atoms with E-state index in [0.717, 1.165) is 23.8 Å². The van der Waals surface area contributed by atoms with Crippen molar-refractivity contribution in [2.45, 2.75) is 33.0 Å². The summed E-state index contributed by atoms with van der Waals surface area (Å²) in [5, 5.41) is 0. The predicted molar refractivity (Wildman–Crippen MR) is 113 cm³/mol. The standard InChI is InChI=1S/C23H24F3N3O3/c1-15(2)28(22(32)17-5-4-6-18(11-17)23(24,25)26)13-20(30)27-12-21(31)29(14-27)19-9-7-16(3)8-10-19/h4-11,15H,12-14H2,1-3H3. The van der Waals surface area contributed by atoms with Gasteiger partial charge in [-0.3, -0.25) is 19.3 Å². The average molecular weight is 447 g/mol. The van der Waals surface area contributed by atoms with Crippen LogP contribution < -0.4 is 4.90 Å². The lowest BCUT2D eigenvalue weighted by molar-refractivity contribution is -0.137. The predicted octanol–water partition coefficient (Wildman–Crippen LogP) is 3.70. The van der Waals surface area contributed by atoms with Gasteiger partial charge in [0, 0.05) is 17.3 Å². The smallest absolute Gasteiger partial charge is 0.327 e. The fourth-order valence-electron chi connectivity index (χ4n) is 3.39. The molecule has 1 fully saturated rings. The van der Waals surface area contributed by atoms with Crippen LogP contribution in [0, 0.1) is 6.92 Å². The Bertz CT molecular complexity index is 1020. The molecule has 32 heavy (non-hydrogen) atoms. The largest absolute Gasteiger partial charge is 0.416 e. The van der Waals surface area contributed by atoms with E-state index in [9.17, 15) is 27.6 Å². The number of nitrogens with zero attached hydrogens (tertiary/aromatic N) is 3. The number of carbonyl (C=O) groups is 3. The molecule has 1 saturated heterocycles. The Hall–Kier alpha value is -3.36. The number of alkyl halides is 3. The van der Waals surface area contributed by atoms with E-state index in [2.05, 4.69) is 0 Å². The van der Waals surface area contributed by atoms with Crippen LogP contribution in [0.5, 0.6) is 0 Å². The van der Waals surface area contributed by atoms with E-state index in [-0.39, 0.29) is 31.2 Å². The highest BCUT2D eigenvalue weighted by Gasteiger charge is 2.35. The minimum atomic E-state index is -4.58. The quantitative estimate of drug-likeness (QED) is 0.702. The van der Waals surface area contributed by atoms with E-state index in [1.807, 2.05) is 19.1 Å². The highest BCUT2D eigenvalue weighted by atomic mass is 19.4. The summed E-state index contributed by atoms with van der Waals surface area (Å²) in [5.41, 5.74) is 0.614. The molecule has 1 aliphatic heterocycles. The topological polar surface area (TPSA) is 60.9 Å². The SMILES string of the molecule is Cc1ccc(N2CN(C(=O)CN(C(=O)c3cccc(C(F)(F)F)c3)C(C)C)CC2=O)cc1. The van der Waals surface area contributed by atoms with Crippen molar-refractivity contribution in [3.63, 3.8) is 0 Å². The number of hydrogen-bond acceptors (Lipinski definition) is 3. The van der Waals surface area contributed by atoms with Gasteiger partial charge in [-0.25, -0.2) is 0 Å². The van der Waals surface area contributed by atoms with Gasteiger partial charge in [0.1, 0.15) is 19.8 Å².